The molecule has 5 nitrogen and oxygen atoms in total. The van der Waals surface area contributed by atoms with Crippen LogP contribution in [0.3, 0.4) is 0 Å². The van der Waals surface area contributed by atoms with Crippen LogP contribution in [0.15, 0.2) is 18.2 Å². The third-order valence-corrected chi connectivity index (χ3v) is 4.05. The summed E-state index contributed by atoms with van der Waals surface area (Å²) < 4.78 is 18.9. The Morgan fingerprint density at radius 1 is 1.48 bits per heavy atom. The van der Waals surface area contributed by atoms with Crippen LogP contribution in [0.5, 0.6) is 5.75 Å². The summed E-state index contributed by atoms with van der Waals surface area (Å²) in [4.78, 5) is 12.0. The maximum Gasteiger partial charge on any atom is 0.315 e. The Morgan fingerprint density at radius 2 is 2.26 bits per heavy atom. The second kappa shape index (κ2) is 8.15. The maximum atomic E-state index is 13.3. The van der Waals surface area contributed by atoms with E-state index in [-0.39, 0.29) is 23.8 Å². The summed E-state index contributed by atoms with van der Waals surface area (Å²) in [6.45, 7) is 4.79. The van der Waals surface area contributed by atoms with E-state index < -0.39 is 6.10 Å². The van der Waals surface area contributed by atoms with E-state index in [2.05, 4.69) is 10.6 Å². The van der Waals surface area contributed by atoms with E-state index in [1.807, 2.05) is 13.8 Å². The van der Waals surface area contributed by atoms with Gasteiger partial charge in [0.1, 0.15) is 11.6 Å². The zero-order chi connectivity index (χ0) is 16.8. The Hall–Kier alpha value is -1.82. The molecule has 0 fully saturated rings. The number of ether oxygens (including phenoxy) is 1. The van der Waals surface area contributed by atoms with Crippen LogP contribution >= 0.6 is 0 Å². The van der Waals surface area contributed by atoms with Crippen molar-refractivity contribution in [3.63, 3.8) is 0 Å². The molecule has 2 atom stereocenters. The molecule has 128 valence electrons. The molecule has 2 unspecified atom stereocenters. The number of benzene rings is 1. The van der Waals surface area contributed by atoms with Crippen molar-refractivity contribution in [3.05, 3.63) is 29.6 Å². The van der Waals surface area contributed by atoms with E-state index in [1.54, 1.807) is 6.07 Å². The van der Waals surface area contributed by atoms with Crippen molar-refractivity contribution in [3.8, 4) is 5.75 Å². The molecule has 0 saturated carbocycles. The van der Waals surface area contributed by atoms with Gasteiger partial charge in [-0.2, -0.15) is 0 Å². The molecule has 2 rings (SSSR count). The number of halogens is 1. The lowest BCUT2D eigenvalue weighted by atomic mass is 10.0. The van der Waals surface area contributed by atoms with Crippen LogP contribution in [0, 0.1) is 11.7 Å². The quantitative estimate of drug-likeness (QED) is 0.780. The van der Waals surface area contributed by atoms with E-state index >= 15 is 0 Å². The van der Waals surface area contributed by atoms with Crippen molar-refractivity contribution >= 4 is 6.03 Å². The minimum Gasteiger partial charge on any atom is -0.493 e. The summed E-state index contributed by atoms with van der Waals surface area (Å²) in [6.07, 6.45) is 1.61. The number of aliphatic hydroxyl groups is 1. The molecule has 1 aliphatic heterocycles. The molecule has 0 bridgehead atoms. The Labute approximate surface area is 136 Å². The first kappa shape index (κ1) is 17.5. The molecule has 1 aliphatic rings. The van der Waals surface area contributed by atoms with Gasteiger partial charge < -0.3 is 20.5 Å². The smallest absolute Gasteiger partial charge is 0.315 e. The molecule has 2 amide bonds. The summed E-state index contributed by atoms with van der Waals surface area (Å²) in [5.74, 6) is 0.306. The Bertz CT molecular complexity index is 537. The second-order valence-corrected chi connectivity index (χ2v) is 6.23. The summed E-state index contributed by atoms with van der Waals surface area (Å²) in [7, 11) is 0. The van der Waals surface area contributed by atoms with Crippen molar-refractivity contribution in [2.45, 2.75) is 45.3 Å². The molecule has 1 heterocycles. The second-order valence-electron chi connectivity index (χ2n) is 6.23. The predicted octanol–water partition coefficient (Wildman–Crippen LogP) is 2.75. The van der Waals surface area contributed by atoms with Gasteiger partial charge in [0.2, 0.25) is 0 Å². The van der Waals surface area contributed by atoms with Crippen molar-refractivity contribution in [2.24, 2.45) is 5.92 Å². The van der Waals surface area contributed by atoms with Crippen LogP contribution < -0.4 is 15.4 Å². The van der Waals surface area contributed by atoms with Gasteiger partial charge >= 0.3 is 6.03 Å². The highest BCUT2D eigenvalue weighted by molar-refractivity contribution is 5.74. The van der Waals surface area contributed by atoms with Gasteiger partial charge in [0.25, 0.3) is 0 Å². The monoisotopic (exact) mass is 324 g/mol. The number of nitrogens with one attached hydrogen (secondary N) is 2. The largest absolute Gasteiger partial charge is 0.493 e. The fourth-order valence-electron chi connectivity index (χ4n) is 2.57. The molecule has 1 aromatic carbocycles. The average molecular weight is 324 g/mol. The van der Waals surface area contributed by atoms with Gasteiger partial charge in [0, 0.05) is 18.2 Å². The minimum atomic E-state index is -0.426. The molecule has 1 aromatic rings. The molecule has 0 aliphatic carbocycles. The zero-order valence-corrected chi connectivity index (χ0v) is 13.6. The van der Waals surface area contributed by atoms with Gasteiger partial charge in [-0.3, -0.25) is 0 Å². The molecule has 0 radical (unpaired) electrons. The molecule has 0 spiro atoms. The lowest BCUT2D eigenvalue weighted by Crippen LogP contribution is -2.39. The van der Waals surface area contributed by atoms with E-state index in [0.29, 0.717) is 25.3 Å². The van der Waals surface area contributed by atoms with E-state index in [0.717, 1.165) is 18.4 Å². The molecule has 6 heteroatoms. The number of amides is 2. The number of carbonyl (C=O) groups is 1. The number of carbonyl (C=O) groups excluding carboxylic acids is 1. The molecule has 0 aromatic heterocycles. The number of urea groups is 1. The van der Waals surface area contributed by atoms with E-state index in [9.17, 15) is 14.3 Å². The topological polar surface area (TPSA) is 70.6 Å². The number of hydrogen-bond donors (Lipinski definition) is 3. The highest BCUT2D eigenvalue weighted by Gasteiger charge is 2.22. The van der Waals surface area contributed by atoms with Crippen molar-refractivity contribution in [1.29, 1.82) is 0 Å². The first-order chi connectivity index (χ1) is 11.0. The van der Waals surface area contributed by atoms with Crippen LogP contribution in [0.4, 0.5) is 9.18 Å². The van der Waals surface area contributed by atoms with Gasteiger partial charge in [-0.1, -0.05) is 19.9 Å². The average Bonchev–Trinajstić information content (AvgIpc) is 2.69. The third kappa shape index (κ3) is 5.10. The van der Waals surface area contributed by atoms with Gasteiger partial charge in [0.05, 0.1) is 18.8 Å². The standard InChI is InChI=1S/C17H25FN2O3/c1-11(2)15(21)7-8-19-17(22)20-14-4-3-9-23-16-10-12(18)5-6-13(14)16/h5-6,10-11,14-15,21H,3-4,7-9H2,1-2H3,(H2,19,20,22). The van der Waals surface area contributed by atoms with Crippen LogP contribution in [0.1, 0.15) is 44.7 Å². The fourth-order valence-corrected chi connectivity index (χ4v) is 2.57. The highest BCUT2D eigenvalue weighted by Crippen LogP contribution is 2.31. The first-order valence-corrected chi connectivity index (χ1v) is 8.12. The van der Waals surface area contributed by atoms with Crippen LogP contribution in [0.25, 0.3) is 0 Å². The summed E-state index contributed by atoms with van der Waals surface area (Å²) in [5.41, 5.74) is 0.793. The highest BCUT2D eigenvalue weighted by atomic mass is 19.1. The third-order valence-electron chi connectivity index (χ3n) is 4.05. The first-order valence-electron chi connectivity index (χ1n) is 8.12. The summed E-state index contributed by atoms with van der Waals surface area (Å²) in [6, 6.07) is 3.89. The normalized spacial score (nSPS) is 18.6. The maximum absolute atomic E-state index is 13.3. The van der Waals surface area contributed by atoms with Crippen LogP contribution in [0.2, 0.25) is 0 Å². The zero-order valence-electron chi connectivity index (χ0n) is 13.6. The Kier molecular flexibility index (Phi) is 6.21. The summed E-state index contributed by atoms with van der Waals surface area (Å²) in [5, 5.41) is 15.4. The van der Waals surface area contributed by atoms with Gasteiger partial charge in [-0.05, 0) is 31.2 Å². The minimum absolute atomic E-state index is 0.167. The van der Waals surface area contributed by atoms with E-state index in [4.69, 9.17) is 4.74 Å². The lowest BCUT2D eigenvalue weighted by molar-refractivity contribution is 0.116. The summed E-state index contributed by atoms with van der Waals surface area (Å²) >= 11 is 0. The van der Waals surface area contributed by atoms with Gasteiger partial charge in [-0.15, -0.1) is 0 Å². The van der Waals surface area contributed by atoms with Crippen molar-refractivity contribution < 1.29 is 19.0 Å². The molecule has 0 saturated heterocycles. The Morgan fingerprint density at radius 3 is 3.00 bits per heavy atom. The van der Waals surface area contributed by atoms with Gasteiger partial charge in [-0.25, -0.2) is 9.18 Å². The Balaban J connectivity index is 1.91. The molecule has 23 heavy (non-hydrogen) atoms. The molecule has 3 N–H and O–H groups in total. The fraction of sp³-hybridized carbons (Fsp3) is 0.588. The number of aliphatic hydroxyl groups excluding tert-OH is 1. The molecular formula is C17H25FN2O3. The van der Waals surface area contributed by atoms with Gasteiger partial charge in [0.15, 0.2) is 0 Å². The lowest BCUT2D eigenvalue weighted by Gasteiger charge is -2.19. The van der Waals surface area contributed by atoms with Crippen molar-refractivity contribution in [1.82, 2.24) is 10.6 Å². The number of hydrogen-bond acceptors (Lipinski definition) is 3. The predicted molar refractivity (Wildman–Crippen MR) is 85.9 cm³/mol. The van der Waals surface area contributed by atoms with Crippen LogP contribution in [-0.4, -0.2) is 30.4 Å². The number of rotatable bonds is 5. The molecular weight excluding hydrogens is 299 g/mol. The van der Waals surface area contributed by atoms with Crippen molar-refractivity contribution in [2.75, 3.05) is 13.2 Å². The van der Waals surface area contributed by atoms with Crippen LogP contribution in [-0.2, 0) is 0 Å². The van der Waals surface area contributed by atoms with E-state index in [1.165, 1.54) is 12.1 Å². The number of fused-ring (bicyclic) bond motifs is 1. The SMILES string of the molecule is CC(C)C(O)CCNC(=O)NC1CCCOc2cc(F)ccc21.